The first-order chi connectivity index (χ1) is 13.7. The molecule has 0 bridgehead atoms. The second-order valence-corrected chi connectivity index (χ2v) is 8.11. The molecule has 1 spiro atoms. The Morgan fingerprint density at radius 1 is 1.11 bits per heavy atom. The molecule has 1 amide bonds. The Balaban J connectivity index is 1.35. The summed E-state index contributed by atoms with van der Waals surface area (Å²) in [4.78, 5) is 14.8. The van der Waals surface area contributed by atoms with Crippen molar-refractivity contribution in [1.29, 1.82) is 0 Å². The number of carbonyl (C=O) groups excluding carboxylic acids is 1. The lowest BCUT2D eigenvalue weighted by Gasteiger charge is -2.53. The van der Waals surface area contributed by atoms with Crippen molar-refractivity contribution in [2.24, 2.45) is 0 Å². The van der Waals surface area contributed by atoms with Gasteiger partial charge in [-0.2, -0.15) is 0 Å². The molecule has 0 radical (unpaired) electrons. The van der Waals surface area contributed by atoms with E-state index in [0.717, 1.165) is 19.3 Å². The summed E-state index contributed by atoms with van der Waals surface area (Å²) in [5.74, 6) is 0.0587. The van der Waals surface area contributed by atoms with E-state index >= 15 is 0 Å². The number of morpholine rings is 1. The van der Waals surface area contributed by atoms with Crippen LogP contribution in [0.2, 0.25) is 0 Å². The van der Waals surface area contributed by atoms with E-state index in [1.54, 1.807) is 0 Å². The van der Waals surface area contributed by atoms with E-state index in [2.05, 4.69) is 24.3 Å². The van der Waals surface area contributed by atoms with Gasteiger partial charge in [0.05, 0.1) is 31.4 Å². The highest BCUT2D eigenvalue weighted by Crippen LogP contribution is 2.45. The van der Waals surface area contributed by atoms with Crippen molar-refractivity contribution in [3.8, 4) is 11.1 Å². The van der Waals surface area contributed by atoms with E-state index in [9.17, 15) is 9.90 Å². The van der Waals surface area contributed by atoms with Gasteiger partial charge in [-0.15, -0.1) is 0 Å². The number of ether oxygens (including phenoxy) is 2. The summed E-state index contributed by atoms with van der Waals surface area (Å²) in [5, 5.41) is 9.47. The molecule has 1 unspecified atom stereocenters. The molecule has 5 nitrogen and oxygen atoms in total. The lowest BCUT2D eigenvalue weighted by Crippen LogP contribution is -2.65. The van der Waals surface area contributed by atoms with Crippen molar-refractivity contribution in [3.05, 3.63) is 59.7 Å². The molecular formula is C23H25NO4. The lowest BCUT2D eigenvalue weighted by atomic mass is 9.75. The summed E-state index contributed by atoms with van der Waals surface area (Å²) in [5.41, 5.74) is 4.63. The molecule has 28 heavy (non-hydrogen) atoms. The standard InChI is InChI=1S/C23H25NO4/c25-13-16-12-24(23(15-28-16)10-5-11-23)22(26)27-14-21-19-8-3-1-6-17(19)18-7-2-4-9-20(18)21/h1-4,6-9,16,21,25H,5,10-15H2. The Bertz CT molecular complexity index is 846. The van der Waals surface area contributed by atoms with Gasteiger partial charge < -0.3 is 14.6 Å². The summed E-state index contributed by atoms with van der Waals surface area (Å²) in [6.07, 6.45) is 2.36. The predicted molar refractivity (Wildman–Crippen MR) is 105 cm³/mol. The Hall–Kier alpha value is -2.37. The van der Waals surface area contributed by atoms with Gasteiger partial charge in [0, 0.05) is 5.92 Å². The molecule has 0 aromatic heterocycles. The first-order valence-corrected chi connectivity index (χ1v) is 10.1. The van der Waals surface area contributed by atoms with Crippen molar-refractivity contribution in [2.45, 2.75) is 36.8 Å². The average molecular weight is 379 g/mol. The number of aliphatic hydroxyl groups is 1. The molecular weight excluding hydrogens is 354 g/mol. The highest BCUT2D eigenvalue weighted by molar-refractivity contribution is 5.79. The third kappa shape index (κ3) is 2.73. The molecule has 1 saturated heterocycles. The average Bonchev–Trinajstić information content (AvgIpc) is 3.04. The SMILES string of the molecule is O=C(OCC1c2ccccc2-c2ccccc21)N1CC(CO)OCC12CCC2. The number of aliphatic hydroxyl groups excluding tert-OH is 1. The molecule has 1 aliphatic heterocycles. The Morgan fingerprint density at radius 2 is 1.75 bits per heavy atom. The summed E-state index contributed by atoms with van der Waals surface area (Å²) in [7, 11) is 0. The van der Waals surface area contributed by atoms with E-state index in [0.29, 0.717) is 19.8 Å². The lowest BCUT2D eigenvalue weighted by molar-refractivity contribution is -0.141. The van der Waals surface area contributed by atoms with Crippen molar-refractivity contribution in [3.63, 3.8) is 0 Å². The molecule has 2 fully saturated rings. The monoisotopic (exact) mass is 379 g/mol. The highest BCUT2D eigenvalue weighted by atomic mass is 16.6. The van der Waals surface area contributed by atoms with Crippen LogP contribution in [0.5, 0.6) is 0 Å². The molecule has 146 valence electrons. The molecule has 1 atom stereocenters. The first-order valence-electron chi connectivity index (χ1n) is 10.1. The molecule has 2 aliphatic carbocycles. The van der Waals surface area contributed by atoms with Crippen molar-refractivity contribution in [2.75, 3.05) is 26.4 Å². The second-order valence-electron chi connectivity index (χ2n) is 8.11. The Labute approximate surface area is 164 Å². The number of nitrogens with zero attached hydrogens (tertiary/aromatic N) is 1. The van der Waals surface area contributed by atoms with Crippen LogP contribution in [0.3, 0.4) is 0 Å². The zero-order valence-electron chi connectivity index (χ0n) is 15.8. The fraction of sp³-hybridized carbons (Fsp3) is 0.435. The summed E-state index contributed by atoms with van der Waals surface area (Å²) < 4.78 is 11.6. The number of hydrogen-bond donors (Lipinski definition) is 1. The van der Waals surface area contributed by atoms with Crippen LogP contribution >= 0.6 is 0 Å². The van der Waals surface area contributed by atoms with Crippen LogP contribution in [0.15, 0.2) is 48.5 Å². The molecule has 1 N–H and O–H groups in total. The molecule has 2 aromatic carbocycles. The van der Waals surface area contributed by atoms with Gasteiger partial charge in [0.25, 0.3) is 0 Å². The first kappa shape index (κ1) is 17.7. The van der Waals surface area contributed by atoms with Crippen LogP contribution in [0.25, 0.3) is 11.1 Å². The van der Waals surface area contributed by atoms with Crippen LogP contribution < -0.4 is 0 Å². The van der Waals surface area contributed by atoms with Crippen molar-refractivity contribution >= 4 is 6.09 Å². The minimum atomic E-state index is -0.327. The third-order valence-corrected chi connectivity index (χ3v) is 6.59. The number of fused-ring (bicyclic) bond motifs is 3. The Kier molecular flexibility index (Phi) is 4.37. The van der Waals surface area contributed by atoms with Gasteiger partial charge in [-0.25, -0.2) is 4.79 Å². The van der Waals surface area contributed by atoms with Crippen LogP contribution in [-0.4, -0.2) is 54.1 Å². The highest BCUT2D eigenvalue weighted by Gasteiger charge is 2.49. The van der Waals surface area contributed by atoms with E-state index in [1.807, 2.05) is 29.2 Å². The smallest absolute Gasteiger partial charge is 0.410 e. The number of benzene rings is 2. The fourth-order valence-electron chi connectivity index (χ4n) is 4.85. The fourth-order valence-corrected chi connectivity index (χ4v) is 4.85. The van der Waals surface area contributed by atoms with Gasteiger partial charge in [-0.1, -0.05) is 48.5 Å². The van der Waals surface area contributed by atoms with Gasteiger partial charge >= 0.3 is 6.09 Å². The minimum Gasteiger partial charge on any atom is -0.448 e. The third-order valence-electron chi connectivity index (χ3n) is 6.59. The summed E-state index contributed by atoms with van der Waals surface area (Å²) in [6.45, 7) is 1.13. The van der Waals surface area contributed by atoms with Crippen LogP contribution in [0, 0.1) is 0 Å². The molecule has 1 heterocycles. The van der Waals surface area contributed by atoms with Gasteiger partial charge in [0.1, 0.15) is 6.61 Å². The molecule has 5 heteroatoms. The van der Waals surface area contributed by atoms with Crippen LogP contribution in [0.4, 0.5) is 4.79 Å². The molecule has 1 saturated carbocycles. The number of amides is 1. The maximum atomic E-state index is 13.0. The van der Waals surface area contributed by atoms with Crippen molar-refractivity contribution in [1.82, 2.24) is 4.90 Å². The number of carbonyl (C=O) groups is 1. The molecule has 2 aromatic rings. The van der Waals surface area contributed by atoms with Crippen LogP contribution in [-0.2, 0) is 9.47 Å². The van der Waals surface area contributed by atoms with Crippen molar-refractivity contribution < 1.29 is 19.4 Å². The molecule has 3 aliphatic rings. The zero-order chi connectivity index (χ0) is 19.1. The molecule has 5 rings (SSSR count). The zero-order valence-corrected chi connectivity index (χ0v) is 15.8. The van der Waals surface area contributed by atoms with Gasteiger partial charge in [0.2, 0.25) is 0 Å². The number of hydrogen-bond acceptors (Lipinski definition) is 4. The van der Waals surface area contributed by atoms with Gasteiger partial charge in [-0.05, 0) is 41.5 Å². The van der Waals surface area contributed by atoms with Gasteiger partial charge in [-0.3, -0.25) is 4.90 Å². The maximum Gasteiger partial charge on any atom is 0.410 e. The maximum absolute atomic E-state index is 13.0. The summed E-state index contributed by atoms with van der Waals surface area (Å²) >= 11 is 0. The Morgan fingerprint density at radius 3 is 2.32 bits per heavy atom. The topological polar surface area (TPSA) is 59.0 Å². The van der Waals surface area contributed by atoms with Gasteiger partial charge in [0.15, 0.2) is 0 Å². The van der Waals surface area contributed by atoms with E-state index in [4.69, 9.17) is 9.47 Å². The quantitative estimate of drug-likeness (QED) is 0.886. The van der Waals surface area contributed by atoms with Crippen LogP contribution in [0.1, 0.15) is 36.3 Å². The summed E-state index contributed by atoms with van der Waals surface area (Å²) in [6, 6.07) is 16.7. The van der Waals surface area contributed by atoms with E-state index in [1.165, 1.54) is 22.3 Å². The largest absolute Gasteiger partial charge is 0.448 e. The van der Waals surface area contributed by atoms with E-state index in [-0.39, 0.29) is 30.3 Å². The normalized spacial score (nSPS) is 22.5. The minimum absolute atomic E-state index is 0.0587. The van der Waals surface area contributed by atoms with E-state index < -0.39 is 0 Å². The second kappa shape index (κ2) is 6.90. The predicted octanol–water partition coefficient (Wildman–Crippen LogP) is 3.55. The number of rotatable bonds is 3.